The van der Waals surface area contributed by atoms with E-state index >= 15 is 0 Å². The van der Waals surface area contributed by atoms with Gasteiger partial charge in [-0.05, 0) is 98.6 Å². The minimum Gasteiger partial charge on any atom is -0.297 e. The zero-order valence-electron chi connectivity index (χ0n) is 19.7. The normalized spacial score (nSPS) is 16.2. The summed E-state index contributed by atoms with van der Waals surface area (Å²) < 4.78 is 0. The van der Waals surface area contributed by atoms with Crippen LogP contribution in [0.2, 0.25) is 5.02 Å². The van der Waals surface area contributed by atoms with Gasteiger partial charge in [0.1, 0.15) is 5.69 Å². The number of likely N-dealkylation sites (tertiary alicyclic amines) is 1. The second-order valence-electron chi connectivity index (χ2n) is 9.08. The molecule has 3 heteroatoms. The molecule has 1 aromatic heterocycles. The smallest absolute Gasteiger partial charge is 0.113 e. The third-order valence-corrected chi connectivity index (χ3v) is 6.75. The lowest BCUT2D eigenvalue weighted by Gasteiger charge is -2.34. The molecule has 0 aliphatic carbocycles. The van der Waals surface area contributed by atoms with Crippen molar-refractivity contribution in [2.45, 2.75) is 39.7 Å². The Kier molecular flexibility index (Phi) is 7.65. The Morgan fingerprint density at radius 3 is 2.27 bits per heavy atom. The van der Waals surface area contributed by atoms with Gasteiger partial charge < -0.3 is 0 Å². The summed E-state index contributed by atoms with van der Waals surface area (Å²) in [5, 5.41) is 0.733. The number of hydrogen-bond donors (Lipinski definition) is 0. The fourth-order valence-electron chi connectivity index (χ4n) is 4.23. The second-order valence-corrected chi connectivity index (χ2v) is 9.51. The van der Waals surface area contributed by atoms with E-state index < -0.39 is 0 Å². The highest BCUT2D eigenvalue weighted by molar-refractivity contribution is 6.30. The number of halogens is 1. The number of nitrogens with zero attached hydrogens (tertiary/aromatic N) is 2. The van der Waals surface area contributed by atoms with Gasteiger partial charge in [-0.2, -0.15) is 0 Å². The quantitative estimate of drug-likeness (QED) is 0.384. The molecule has 0 N–H and O–H groups in total. The molecule has 2 heterocycles. The number of benzene rings is 2. The van der Waals surface area contributed by atoms with Gasteiger partial charge in [-0.1, -0.05) is 60.9 Å². The maximum atomic E-state index is 5.97. The molecule has 0 amide bonds. The number of allylic oxidation sites excluding steroid dienone is 1. The van der Waals surface area contributed by atoms with E-state index in [-0.39, 0.29) is 0 Å². The van der Waals surface area contributed by atoms with Crippen molar-refractivity contribution in [1.29, 1.82) is 0 Å². The first-order chi connectivity index (χ1) is 16.0. The molecule has 3 aromatic rings. The lowest BCUT2D eigenvalue weighted by Crippen LogP contribution is -2.38. The van der Waals surface area contributed by atoms with Gasteiger partial charge in [-0.15, -0.1) is 0 Å². The number of aromatic nitrogens is 1. The van der Waals surface area contributed by atoms with Crippen LogP contribution in [-0.2, 0) is 0 Å². The van der Waals surface area contributed by atoms with Gasteiger partial charge in [0.05, 0.1) is 0 Å². The number of pyridine rings is 1. The Labute approximate surface area is 203 Å². The molecule has 1 fully saturated rings. The topological polar surface area (TPSA) is 16.1 Å². The Morgan fingerprint density at radius 2 is 1.64 bits per heavy atom. The molecule has 0 bridgehead atoms. The summed E-state index contributed by atoms with van der Waals surface area (Å²) in [7, 11) is 0. The van der Waals surface area contributed by atoms with E-state index in [1.807, 2.05) is 42.6 Å². The molecule has 1 aliphatic heterocycles. The molecule has 33 heavy (non-hydrogen) atoms. The predicted octanol–water partition coefficient (Wildman–Crippen LogP) is 7.33. The van der Waals surface area contributed by atoms with Crippen LogP contribution < -0.4 is 0 Å². The first kappa shape index (κ1) is 23.3. The zero-order valence-corrected chi connectivity index (χ0v) is 20.4. The molecule has 0 spiro atoms. The lowest BCUT2D eigenvalue weighted by molar-refractivity contribution is 0.169. The summed E-state index contributed by atoms with van der Waals surface area (Å²) in [5.74, 6) is 7.27. The number of rotatable bonds is 4. The van der Waals surface area contributed by atoms with Gasteiger partial charge in [0.25, 0.3) is 0 Å². The summed E-state index contributed by atoms with van der Waals surface area (Å²) >= 11 is 5.97. The van der Waals surface area contributed by atoms with E-state index in [1.54, 1.807) is 0 Å². The van der Waals surface area contributed by atoms with Crippen LogP contribution in [0.1, 0.15) is 50.4 Å². The third-order valence-electron chi connectivity index (χ3n) is 6.50. The summed E-state index contributed by atoms with van der Waals surface area (Å²) in [6.45, 7) is 9.28. The van der Waals surface area contributed by atoms with Crippen molar-refractivity contribution in [2.24, 2.45) is 5.92 Å². The van der Waals surface area contributed by atoms with Gasteiger partial charge >= 0.3 is 0 Å². The van der Waals surface area contributed by atoms with Crippen LogP contribution in [0.15, 0.2) is 72.9 Å². The van der Waals surface area contributed by atoms with Gasteiger partial charge in [-0.3, -0.25) is 4.90 Å². The SMILES string of the molecule is C/C(=C\C(C)N1CCC(C)CC1)c1ccc(C#Cc2ccc(-c3ccc(Cl)cc3)cn2)cc1. The van der Waals surface area contributed by atoms with Gasteiger partial charge in [-0.25, -0.2) is 4.98 Å². The van der Waals surface area contributed by atoms with Crippen molar-refractivity contribution in [1.82, 2.24) is 9.88 Å². The summed E-state index contributed by atoms with van der Waals surface area (Å²) in [5.41, 5.74) is 6.47. The largest absolute Gasteiger partial charge is 0.297 e. The first-order valence-corrected chi connectivity index (χ1v) is 12.1. The molecule has 1 aliphatic rings. The molecule has 1 unspecified atom stereocenters. The highest BCUT2D eigenvalue weighted by Gasteiger charge is 2.19. The average molecular weight is 455 g/mol. The van der Waals surface area contributed by atoms with E-state index in [2.05, 4.69) is 72.8 Å². The van der Waals surface area contributed by atoms with Crippen LogP contribution in [0.3, 0.4) is 0 Å². The Morgan fingerprint density at radius 1 is 0.970 bits per heavy atom. The van der Waals surface area contributed by atoms with Crippen LogP contribution in [0.25, 0.3) is 16.7 Å². The van der Waals surface area contributed by atoms with Crippen LogP contribution in [0, 0.1) is 17.8 Å². The molecule has 0 radical (unpaired) electrons. The first-order valence-electron chi connectivity index (χ1n) is 11.7. The monoisotopic (exact) mass is 454 g/mol. The predicted molar refractivity (Wildman–Crippen MR) is 140 cm³/mol. The Balaban J connectivity index is 1.39. The van der Waals surface area contributed by atoms with Gasteiger partial charge in [0, 0.05) is 28.4 Å². The minimum absolute atomic E-state index is 0.471. The van der Waals surface area contributed by atoms with Crippen molar-refractivity contribution in [3.05, 3.63) is 94.8 Å². The standard InChI is InChI=1S/C30H31ClN2/c1-22-16-18-33(19-17-22)24(3)20-23(2)26-7-4-25(5-8-26)6-14-30-15-11-28(21-32-30)27-9-12-29(31)13-10-27/h4-5,7-13,15,20-22,24H,16-19H2,1-3H3/b23-20+. The van der Waals surface area contributed by atoms with E-state index in [9.17, 15) is 0 Å². The van der Waals surface area contributed by atoms with Crippen LogP contribution >= 0.6 is 11.6 Å². The highest BCUT2D eigenvalue weighted by atomic mass is 35.5. The molecule has 168 valence electrons. The highest BCUT2D eigenvalue weighted by Crippen LogP contribution is 2.22. The van der Waals surface area contributed by atoms with Crippen molar-refractivity contribution in [2.75, 3.05) is 13.1 Å². The van der Waals surface area contributed by atoms with E-state index in [1.165, 1.54) is 37.1 Å². The van der Waals surface area contributed by atoms with Crippen molar-refractivity contribution in [3.63, 3.8) is 0 Å². The van der Waals surface area contributed by atoms with Crippen molar-refractivity contribution < 1.29 is 0 Å². The fraction of sp³-hybridized carbons (Fsp3) is 0.300. The van der Waals surface area contributed by atoms with Crippen LogP contribution in [0.5, 0.6) is 0 Å². The van der Waals surface area contributed by atoms with Crippen molar-refractivity contribution >= 4 is 17.2 Å². The molecule has 4 rings (SSSR count). The van der Waals surface area contributed by atoms with Crippen LogP contribution in [0.4, 0.5) is 0 Å². The Bertz CT molecular complexity index is 1140. The second kappa shape index (κ2) is 10.8. The maximum absolute atomic E-state index is 5.97. The molecule has 2 aromatic carbocycles. The molecule has 1 atom stereocenters. The summed E-state index contributed by atoms with van der Waals surface area (Å²) in [6.07, 6.45) is 6.87. The lowest BCUT2D eigenvalue weighted by atomic mass is 9.97. The van der Waals surface area contributed by atoms with E-state index in [0.29, 0.717) is 6.04 Å². The number of hydrogen-bond acceptors (Lipinski definition) is 2. The summed E-state index contributed by atoms with van der Waals surface area (Å²) in [4.78, 5) is 7.09. The average Bonchev–Trinajstić information content (AvgIpc) is 2.84. The van der Waals surface area contributed by atoms with Crippen LogP contribution in [-0.4, -0.2) is 29.0 Å². The summed E-state index contributed by atoms with van der Waals surface area (Å²) in [6, 6.07) is 20.8. The molecule has 1 saturated heterocycles. The van der Waals surface area contributed by atoms with Crippen molar-refractivity contribution in [3.8, 4) is 23.0 Å². The minimum atomic E-state index is 0.471. The Hall–Kier alpha value is -2.86. The van der Waals surface area contributed by atoms with E-state index in [0.717, 1.165) is 33.3 Å². The van der Waals surface area contributed by atoms with Gasteiger partial charge in [0.15, 0.2) is 0 Å². The number of piperidine rings is 1. The molecular weight excluding hydrogens is 424 g/mol. The van der Waals surface area contributed by atoms with Gasteiger partial charge in [0.2, 0.25) is 0 Å². The molecule has 0 saturated carbocycles. The molecular formula is C30H31ClN2. The maximum Gasteiger partial charge on any atom is 0.113 e. The third kappa shape index (κ3) is 6.35. The molecule has 2 nitrogen and oxygen atoms in total. The zero-order chi connectivity index (χ0) is 23.2. The van der Waals surface area contributed by atoms with E-state index in [4.69, 9.17) is 11.6 Å². The fourth-order valence-corrected chi connectivity index (χ4v) is 4.36.